The zero-order valence-corrected chi connectivity index (χ0v) is 27.2. The summed E-state index contributed by atoms with van der Waals surface area (Å²) in [6, 6.07) is 25.4. The van der Waals surface area contributed by atoms with Crippen LogP contribution in [0.1, 0.15) is 31.4 Å². The molecule has 0 fully saturated rings. The average molecular weight is 671 g/mol. The molecule has 2 amide bonds. The SMILES string of the molecule is CC[C@@H](C)NC(=O)[C@H](Cc1ccccc1)N(Cc1ccc(Cl)cc1Cl)C(=O)CN(c1ccccc1)S(=O)(=O)c1ccc(F)cc1. The van der Waals surface area contributed by atoms with E-state index in [4.69, 9.17) is 23.2 Å². The molecular weight excluding hydrogens is 636 g/mol. The van der Waals surface area contributed by atoms with Gasteiger partial charge in [0.1, 0.15) is 18.4 Å². The zero-order chi connectivity index (χ0) is 32.6. The molecule has 236 valence electrons. The summed E-state index contributed by atoms with van der Waals surface area (Å²) < 4.78 is 42.6. The lowest BCUT2D eigenvalue weighted by Gasteiger charge is -2.34. The van der Waals surface area contributed by atoms with Crippen molar-refractivity contribution in [1.82, 2.24) is 10.2 Å². The Kier molecular flexibility index (Phi) is 11.6. The first-order valence-electron chi connectivity index (χ1n) is 14.4. The minimum Gasteiger partial charge on any atom is -0.352 e. The lowest BCUT2D eigenvalue weighted by Crippen LogP contribution is -2.54. The highest BCUT2D eigenvalue weighted by Crippen LogP contribution is 2.27. The number of nitrogens with one attached hydrogen (secondary N) is 1. The summed E-state index contributed by atoms with van der Waals surface area (Å²) in [6.45, 7) is 3.06. The van der Waals surface area contributed by atoms with Crippen molar-refractivity contribution < 1.29 is 22.4 Å². The monoisotopic (exact) mass is 669 g/mol. The molecule has 0 spiro atoms. The summed E-state index contributed by atoms with van der Waals surface area (Å²) in [5.74, 6) is -1.63. The van der Waals surface area contributed by atoms with E-state index in [9.17, 15) is 22.4 Å². The van der Waals surface area contributed by atoms with Crippen LogP contribution in [0.15, 0.2) is 108 Å². The normalized spacial score (nSPS) is 12.6. The lowest BCUT2D eigenvalue weighted by atomic mass is 10.0. The van der Waals surface area contributed by atoms with Gasteiger partial charge in [0.25, 0.3) is 10.0 Å². The van der Waals surface area contributed by atoms with Crippen molar-refractivity contribution >= 4 is 50.7 Å². The highest BCUT2D eigenvalue weighted by molar-refractivity contribution is 7.92. The van der Waals surface area contributed by atoms with Crippen LogP contribution in [-0.2, 0) is 32.6 Å². The van der Waals surface area contributed by atoms with Crippen LogP contribution in [0.5, 0.6) is 0 Å². The Hall–Kier alpha value is -3.92. The van der Waals surface area contributed by atoms with E-state index in [1.54, 1.807) is 48.5 Å². The minimum atomic E-state index is -4.34. The van der Waals surface area contributed by atoms with Crippen LogP contribution < -0.4 is 9.62 Å². The summed E-state index contributed by atoms with van der Waals surface area (Å²) in [5, 5.41) is 3.68. The number of hydrogen-bond acceptors (Lipinski definition) is 4. The third-order valence-electron chi connectivity index (χ3n) is 7.35. The second-order valence-electron chi connectivity index (χ2n) is 10.6. The second-order valence-corrected chi connectivity index (χ2v) is 13.3. The molecule has 4 rings (SSSR count). The number of nitrogens with zero attached hydrogens (tertiary/aromatic N) is 2. The average Bonchev–Trinajstić information content (AvgIpc) is 3.03. The second kappa shape index (κ2) is 15.4. The molecule has 1 N–H and O–H groups in total. The Morgan fingerprint density at radius 2 is 1.51 bits per heavy atom. The van der Waals surface area contributed by atoms with Gasteiger partial charge < -0.3 is 10.2 Å². The molecule has 0 aliphatic rings. The van der Waals surface area contributed by atoms with Gasteiger partial charge in [-0.05, 0) is 73.0 Å². The molecule has 0 radical (unpaired) electrons. The van der Waals surface area contributed by atoms with E-state index >= 15 is 0 Å². The number of benzene rings is 4. The molecule has 0 heterocycles. The van der Waals surface area contributed by atoms with Crippen LogP contribution in [0.4, 0.5) is 10.1 Å². The quantitative estimate of drug-likeness (QED) is 0.168. The van der Waals surface area contributed by atoms with Gasteiger partial charge in [-0.3, -0.25) is 13.9 Å². The molecule has 0 aliphatic heterocycles. The summed E-state index contributed by atoms with van der Waals surface area (Å²) in [5.41, 5.74) is 1.56. The number of hydrogen-bond donors (Lipinski definition) is 1. The van der Waals surface area contributed by atoms with Crippen LogP contribution in [0.25, 0.3) is 0 Å². The number of anilines is 1. The van der Waals surface area contributed by atoms with Gasteiger partial charge in [-0.25, -0.2) is 12.8 Å². The molecule has 0 aliphatic carbocycles. The molecule has 0 bridgehead atoms. The van der Waals surface area contributed by atoms with Crippen molar-refractivity contribution in [3.05, 3.63) is 130 Å². The van der Waals surface area contributed by atoms with Crippen molar-refractivity contribution in [1.29, 1.82) is 0 Å². The topological polar surface area (TPSA) is 86.8 Å². The van der Waals surface area contributed by atoms with Crippen molar-refractivity contribution in [2.24, 2.45) is 0 Å². The Morgan fingerprint density at radius 3 is 2.11 bits per heavy atom. The maximum absolute atomic E-state index is 14.4. The van der Waals surface area contributed by atoms with Crippen LogP contribution >= 0.6 is 23.2 Å². The van der Waals surface area contributed by atoms with Crippen LogP contribution in [0, 0.1) is 5.82 Å². The number of carbonyl (C=O) groups is 2. The molecule has 45 heavy (non-hydrogen) atoms. The number of halogens is 3. The van der Waals surface area contributed by atoms with E-state index in [0.29, 0.717) is 22.0 Å². The first kappa shape index (κ1) is 34.0. The first-order valence-corrected chi connectivity index (χ1v) is 16.6. The van der Waals surface area contributed by atoms with Crippen molar-refractivity contribution in [2.75, 3.05) is 10.8 Å². The van der Waals surface area contributed by atoms with Crippen LogP contribution in [0.2, 0.25) is 10.0 Å². The molecule has 0 saturated carbocycles. The van der Waals surface area contributed by atoms with Crippen molar-refractivity contribution in [2.45, 2.75) is 50.2 Å². The van der Waals surface area contributed by atoms with E-state index in [1.165, 1.54) is 4.90 Å². The molecule has 4 aromatic rings. The van der Waals surface area contributed by atoms with E-state index in [1.807, 2.05) is 44.2 Å². The van der Waals surface area contributed by atoms with E-state index in [-0.39, 0.29) is 35.5 Å². The Labute approximate surface area is 273 Å². The number of sulfonamides is 1. The summed E-state index contributed by atoms with van der Waals surface area (Å²) in [6.07, 6.45) is 0.828. The zero-order valence-electron chi connectivity index (χ0n) is 24.9. The van der Waals surface area contributed by atoms with E-state index in [0.717, 1.165) is 34.1 Å². The Balaban J connectivity index is 1.81. The Morgan fingerprint density at radius 1 is 0.889 bits per heavy atom. The largest absolute Gasteiger partial charge is 0.352 e. The van der Waals surface area contributed by atoms with Gasteiger partial charge in [0.15, 0.2) is 0 Å². The van der Waals surface area contributed by atoms with Crippen molar-refractivity contribution in [3.8, 4) is 0 Å². The maximum atomic E-state index is 14.4. The smallest absolute Gasteiger partial charge is 0.264 e. The third kappa shape index (κ3) is 8.84. The highest BCUT2D eigenvalue weighted by Gasteiger charge is 2.35. The number of amides is 2. The molecule has 11 heteroatoms. The predicted molar refractivity (Wildman–Crippen MR) is 176 cm³/mol. The molecular formula is C34H34Cl2FN3O4S. The lowest BCUT2D eigenvalue weighted by molar-refractivity contribution is -0.140. The van der Waals surface area contributed by atoms with Crippen LogP contribution in [0.3, 0.4) is 0 Å². The number of rotatable bonds is 13. The third-order valence-corrected chi connectivity index (χ3v) is 9.73. The molecule has 2 atom stereocenters. The van der Waals surface area contributed by atoms with Gasteiger partial charge in [0.2, 0.25) is 11.8 Å². The van der Waals surface area contributed by atoms with Gasteiger partial charge in [-0.1, -0.05) is 84.7 Å². The predicted octanol–water partition coefficient (Wildman–Crippen LogP) is 6.88. The molecule has 7 nitrogen and oxygen atoms in total. The van der Waals surface area contributed by atoms with Gasteiger partial charge in [-0.15, -0.1) is 0 Å². The van der Waals surface area contributed by atoms with Crippen LogP contribution in [-0.4, -0.2) is 43.8 Å². The van der Waals surface area contributed by atoms with E-state index < -0.39 is 34.3 Å². The molecule has 4 aromatic carbocycles. The molecule has 0 aromatic heterocycles. The molecule has 0 unspecified atom stereocenters. The van der Waals surface area contributed by atoms with Gasteiger partial charge in [0.05, 0.1) is 10.6 Å². The van der Waals surface area contributed by atoms with E-state index in [2.05, 4.69) is 5.32 Å². The first-order chi connectivity index (χ1) is 21.5. The van der Waals surface area contributed by atoms with Gasteiger partial charge >= 0.3 is 0 Å². The summed E-state index contributed by atoms with van der Waals surface area (Å²) in [7, 11) is -4.34. The number of para-hydroxylation sites is 1. The summed E-state index contributed by atoms with van der Waals surface area (Å²) in [4.78, 5) is 29.5. The molecule has 0 saturated heterocycles. The highest BCUT2D eigenvalue weighted by atomic mass is 35.5. The van der Waals surface area contributed by atoms with Crippen molar-refractivity contribution in [3.63, 3.8) is 0 Å². The maximum Gasteiger partial charge on any atom is 0.264 e. The fraction of sp³-hybridized carbons (Fsp3) is 0.235. The fourth-order valence-electron chi connectivity index (χ4n) is 4.69. The van der Waals surface area contributed by atoms with Gasteiger partial charge in [-0.2, -0.15) is 0 Å². The number of carbonyl (C=O) groups excluding carboxylic acids is 2. The Bertz CT molecular complexity index is 1710. The summed E-state index contributed by atoms with van der Waals surface area (Å²) >= 11 is 12.7. The minimum absolute atomic E-state index is 0.0977. The standard InChI is InChI=1S/C34H34Cl2FN3O4S/c1-3-24(2)38-34(42)32(20-25-10-6-4-7-11-25)39(22-26-14-15-27(35)21-31(26)36)33(41)23-40(29-12-8-5-9-13-29)45(43,44)30-18-16-28(37)17-19-30/h4-19,21,24,32H,3,20,22-23H2,1-2H3,(H,38,42)/t24-,32+/m1/s1. The fourth-order valence-corrected chi connectivity index (χ4v) is 6.57. The van der Waals surface area contributed by atoms with Gasteiger partial charge in [0, 0.05) is 29.1 Å².